The number of aromatic nitrogens is 1. The van der Waals surface area contributed by atoms with Crippen LogP contribution in [-0.4, -0.2) is 42.2 Å². The van der Waals surface area contributed by atoms with Crippen LogP contribution in [0, 0.1) is 0 Å². The van der Waals surface area contributed by atoms with Crippen LogP contribution in [0.2, 0.25) is 0 Å². The first kappa shape index (κ1) is 22.2. The predicted octanol–water partition coefficient (Wildman–Crippen LogP) is 5.15. The summed E-state index contributed by atoms with van der Waals surface area (Å²) in [6.07, 6.45) is 6.11. The Kier molecular flexibility index (Phi) is 7.69. The molecule has 0 fully saturated rings. The molecule has 0 aliphatic carbocycles. The van der Waals surface area contributed by atoms with Gasteiger partial charge < -0.3 is 14.4 Å². The molecular formula is C26H29N3O2S. The van der Waals surface area contributed by atoms with Gasteiger partial charge in [-0.15, -0.1) is 11.8 Å². The minimum Gasteiger partial charge on any atom is -0.497 e. The molecule has 1 aliphatic rings. The van der Waals surface area contributed by atoms with Gasteiger partial charge in [0.2, 0.25) is 0 Å². The molecule has 0 spiro atoms. The maximum Gasteiger partial charge on any atom is 0.118 e. The van der Waals surface area contributed by atoms with Crippen molar-refractivity contribution in [3.8, 4) is 11.5 Å². The Labute approximate surface area is 194 Å². The summed E-state index contributed by atoms with van der Waals surface area (Å²) in [4.78, 5) is 9.16. The number of nitrogens with zero attached hydrogens (tertiary/aromatic N) is 3. The van der Waals surface area contributed by atoms with Crippen LogP contribution in [0.3, 0.4) is 0 Å². The molecule has 0 saturated carbocycles. The van der Waals surface area contributed by atoms with Gasteiger partial charge in [0.05, 0.1) is 25.9 Å². The van der Waals surface area contributed by atoms with Crippen LogP contribution >= 0.6 is 11.8 Å². The van der Waals surface area contributed by atoms with Gasteiger partial charge >= 0.3 is 0 Å². The molecule has 5 nitrogen and oxygen atoms in total. The average Bonchev–Trinajstić information content (AvgIpc) is 2.85. The lowest BCUT2D eigenvalue weighted by atomic mass is 10.2. The third kappa shape index (κ3) is 6.05. The average molecular weight is 448 g/mol. The summed E-state index contributed by atoms with van der Waals surface area (Å²) in [6, 6.07) is 20.8. The highest BCUT2D eigenvalue weighted by Crippen LogP contribution is 2.29. The first-order chi connectivity index (χ1) is 15.7. The molecule has 0 radical (unpaired) electrons. The predicted molar refractivity (Wildman–Crippen MR) is 130 cm³/mol. The van der Waals surface area contributed by atoms with Gasteiger partial charge in [-0.3, -0.25) is 9.88 Å². The van der Waals surface area contributed by atoms with E-state index >= 15 is 0 Å². The first-order valence-electron chi connectivity index (χ1n) is 10.7. The number of methoxy groups -OCH3 is 2. The standard InChI is InChI=1S/C26H29N3O2S/c1-30-24-9-5-21(6-10-24)17-28-15-13-26(32-19-23-4-3-14-27-16-23)29(20-28)18-22-7-11-25(31-2)12-8-22/h3-14,16H,15,17-20H2,1-2H3. The summed E-state index contributed by atoms with van der Waals surface area (Å²) in [5, 5.41) is 1.32. The maximum absolute atomic E-state index is 5.32. The molecule has 0 bridgehead atoms. The molecule has 166 valence electrons. The summed E-state index contributed by atoms with van der Waals surface area (Å²) in [5.41, 5.74) is 3.79. The van der Waals surface area contributed by atoms with Gasteiger partial charge in [-0.25, -0.2) is 0 Å². The quantitative estimate of drug-likeness (QED) is 0.452. The van der Waals surface area contributed by atoms with Crippen LogP contribution in [-0.2, 0) is 18.8 Å². The van der Waals surface area contributed by atoms with E-state index in [-0.39, 0.29) is 0 Å². The first-order valence-corrected chi connectivity index (χ1v) is 11.7. The van der Waals surface area contributed by atoms with Crippen molar-refractivity contribution in [2.24, 2.45) is 0 Å². The van der Waals surface area contributed by atoms with Crippen molar-refractivity contribution in [2.45, 2.75) is 18.8 Å². The summed E-state index contributed by atoms with van der Waals surface area (Å²) >= 11 is 1.88. The highest BCUT2D eigenvalue weighted by atomic mass is 32.2. The van der Waals surface area contributed by atoms with Gasteiger partial charge in [0.25, 0.3) is 0 Å². The molecule has 0 atom stereocenters. The lowest BCUT2D eigenvalue weighted by Crippen LogP contribution is -2.40. The highest BCUT2D eigenvalue weighted by Gasteiger charge is 2.20. The number of thioether (sulfide) groups is 1. The minimum atomic E-state index is 0.856. The SMILES string of the molecule is COc1ccc(CN2CC=C(SCc3cccnc3)N(Cc3ccc(OC)cc3)C2)cc1. The topological polar surface area (TPSA) is 37.8 Å². The highest BCUT2D eigenvalue weighted by molar-refractivity contribution is 8.02. The fourth-order valence-corrected chi connectivity index (χ4v) is 4.66. The third-order valence-corrected chi connectivity index (χ3v) is 6.61. The summed E-state index contributed by atoms with van der Waals surface area (Å²) in [5.74, 6) is 2.69. The summed E-state index contributed by atoms with van der Waals surface area (Å²) in [6.45, 7) is 3.57. The van der Waals surface area contributed by atoms with Crippen molar-refractivity contribution in [1.29, 1.82) is 0 Å². The van der Waals surface area contributed by atoms with E-state index < -0.39 is 0 Å². The van der Waals surface area contributed by atoms with Crippen LogP contribution in [0.5, 0.6) is 11.5 Å². The monoisotopic (exact) mass is 447 g/mol. The van der Waals surface area contributed by atoms with Crippen molar-refractivity contribution < 1.29 is 9.47 Å². The second kappa shape index (κ2) is 11.1. The second-order valence-electron chi connectivity index (χ2n) is 7.74. The molecule has 0 N–H and O–H groups in total. The Balaban J connectivity index is 1.46. The van der Waals surface area contributed by atoms with E-state index in [9.17, 15) is 0 Å². The molecule has 2 aromatic carbocycles. The molecular weight excluding hydrogens is 418 g/mol. The van der Waals surface area contributed by atoms with Gasteiger partial charge in [-0.2, -0.15) is 0 Å². The lowest BCUT2D eigenvalue weighted by molar-refractivity contribution is 0.153. The molecule has 6 heteroatoms. The van der Waals surface area contributed by atoms with Crippen molar-refractivity contribution in [1.82, 2.24) is 14.8 Å². The second-order valence-corrected chi connectivity index (χ2v) is 8.73. The zero-order chi connectivity index (χ0) is 22.2. The molecule has 0 unspecified atom stereocenters. The van der Waals surface area contributed by atoms with Gasteiger partial charge in [0, 0.05) is 37.8 Å². The molecule has 1 aromatic heterocycles. The molecule has 32 heavy (non-hydrogen) atoms. The van der Waals surface area contributed by atoms with Crippen LogP contribution < -0.4 is 9.47 Å². The Morgan fingerprint density at radius 3 is 2.09 bits per heavy atom. The molecule has 2 heterocycles. The Morgan fingerprint density at radius 2 is 1.50 bits per heavy atom. The van der Waals surface area contributed by atoms with Crippen molar-refractivity contribution in [2.75, 3.05) is 27.4 Å². The molecule has 1 aliphatic heterocycles. The smallest absolute Gasteiger partial charge is 0.118 e. The van der Waals surface area contributed by atoms with Crippen molar-refractivity contribution >= 4 is 11.8 Å². The number of hydrogen-bond donors (Lipinski definition) is 0. The van der Waals surface area contributed by atoms with Crippen LogP contribution in [0.1, 0.15) is 16.7 Å². The zero-order valence-electron chi connectivity index (χ0n) is 18.6. The largest absolute Gasteiger partial charge is 0.497 e. The van der Waals surface area contributed by atoms with E-state index in [4.69, 9.17) is 9.47 Å². The van der Waals surface area contributed by atoms with E-state index in [0.29, 0.717) is 0 Å². The van der Waals surface area contributed by atoms with Crippen LogP contribution in [0.15, 0.2) is 84.2 Å². The van der Waals surface area contributed by atoms with Crippen molar-refractivity contribution in [3.63, 3.8) is 0 Å². The fourth-order valence-electron chi connectivity index (χ4n) is 3.68. The summed E-state index contributed by atoms with van der Waals surface area (Å²) < 4.78 is 10.6. The Hall–Kier alpha value is -2.96. The van der Waals surface area contributed by atoms with Gasteiger partial charge in [0.1, 0.15) is 11.5 Å². The van der Waals surface area contributed by atoms with Gasteiger partial charge in [0.15, 0.2) is 0 Å². The van der Waals surface area contributed by atoms with Gasteiger partial charge in [-0.1, -0.05) is 30.3 Å². The minimum absolute atomic E-state index is 0.856. The molecule has 3 aromatic rings. The molecule has 4 rings (SSSR count). The number of rotatable bonds is 9. The van der Waals surface area contributed by atoms with E-state index in [2.05, 4.69) is 51.2 Å². The van der Waals surface area contributed by atoms with Crippen molar-refractivity contribution in [3.05, 3.63) is 101 Å². The van der Waals surface area contributed by atoms with Crippen LogP contribution in [0.25, 0.3) is 0 Å². The summed E-state index contributed by atoms with van der Waals surface area (Å²) in [7, 11) is 3.40. The van der Waals surface area contributed by atoms with E-state index in [0.717, 1.165) is 43.6 Å². The van der Waals surface area contributed by atoms with Gasteiger partial charge in [-0.05, 0) is 53.1 Å². The Bertz CT molecular complexity index is 1010. The number of ether oxygens (including phenoxy) is 2. The fraction of sp³-hybridized carbons (Fsp3) is 0.269. The number of hydrogen-bond acceptors (Lipinski definition) is 6. The van der Waals surface area contributed by atoms with E-state index in [1.165, 1.54) is 21.7 Å². The molecule has 0 saturated heterocycles. The zero-order valence-corrected chi connectivity index (χ0v) is 19.4. The van der Waals surface area contributed by atoms with E-state index in [1.807, 2.05) is 54.5 Å². The third-order valence-electron chi connectivity index (χ3n) is 5.41. The molecule has 0 amide bonds. The lowest BCUT2D eigenvalue weighted by Gasteiger charge is -2.37. The Morgan fingerprint density at radius 1 is 0.844 bits per heavy atom. The van der Waals surface area contributed by atoms with Crippen LogP contribution in [0.4, 0.5) is 0 Å². The maximum atomic E-state index is 5.32. The number of pyridine rings is 1. The van der Waals surface area contributed by atoms with E-state index in [1.54, 1.807) is 14.2 Å². The normalized spacial score (nSPS) is 14.2. The number of benzene rings is 2.